The second-order valence-electron chi connectivity index (χ2n) is 2.95. The third-order valence-electron chi connectivity index (χ3n) is 1.86. The molecule has 0 bridgehead atoms. The van der Waals surface area contributed by atoms with Crippen LogP contribution in [0.5, 0.6) is 0 Å². The van der Waals surface area contributed by atoms with Crippen LogP contribution in [0.4, 0.5) is 0 Å². The van der Waals surface area contributed by atoms with Crippen LogP contribution in [0.25, 0.3) is 10.6 Å². The van der Waals surface area contributed by atoms with E-state index in [1.165, 1.54) is 0 Å². The number of aryl methyl sites for hydroxylation is 1. The van der Waals surface area contributed by atoms with Crippen LogP contribution in [0.3, 0.4) is 0 Å². The van der Waals surface area contributed by atoms with E-state index >= 15 is 0 Å². The van der Waals surface area contributed by atoms with Crippen molar-refractivity contribution in [3.8, 4) is 10.6 Å². The third-order valence-corrected chi connectivity index (χ3v) is 5.21. The minimum Gasteiger partial charge on any atom is -0.258 e. The van der Waals surface area contributed by atoms with Crippen molar-refractivity contribution in [1.29, 1.82) is 0 Å². The molecule has 2 rings (SSSR count). The Morgan fingerprint density at radius 1 is 1.14 bits per heavy atom. The van der Waals surface area contributed by atoms with Crippen LogP contribution in [-0.4, -0.2) is 9.97 Å². The zero-order valence-corrected chi connectivity index (χ0v) is 10.2. The van der Waals surface area contributed by atoms with Crippen molar-refractivity contribution in [3.63, 3.8) is 0 Å². The van der Waals surface area contributed by atoms with E-state index in [0.717, 1.165) is 25.7 Å². The molecule has 2 aromatic rings. The number of nitrogens with zero attached hydrogens (tertiary/aromatic N) is 2. The quantitative estimate of drug-likeness (QED) is 0.562. The van der Waals surface area contributed by atoms with Gasteiger partial charge in [-0.1, -0.05) is 32.9 Å². The van der Waals surface area contributed by atoms with Gasteiger partial charge in [0.2, 0.25) is 0 Å². The lowest BCUT2D eigenvalue weighted by Crippen LogP contribution is -1.86. The molecule has 5 heteroatoms. The molecule has 2 heterocycles. The molecule has 0 saturated heterocycles. The monoisotopic (exact) mass is 240 g/mol. The van der Waals surface area contributed by atoms with E-state index in [1.54, 1.807) is 33.1 Å². The van der Waals surface area contributed by atoms with Gasteiger partial charge in [0.05, 0.1) is 22.5 Å². The van der Waals surface area contributed by atoms with Gasteiger partial charge in [-0.25, -0.2) is 0 Å². The summed E-state index contributed by atoms with van der Waals surface area (Å²) in [7, 11) is 3.29. The average Bonchev–Trinajstić information content (AvgIpc) is 2.50. The Morgan fingerprint density at radius 2 is 1.93 bits per heavy atom. The Bertz CT molecular complexity index is 496. The van der Waals surface area contributed by atoms with Gasteiger partial charge in [0, 0.05) is 6.20 Å². The highest BCUT2D eigenvalue weighted by atomic mass is 32.9. The van der Waals surface area contributed by atoms with Crippen molar-refractivity contribution in [2.75, 3.05) is 0 Å². The molecular weight excluding hydrogens is 232 g/mol. The third kappa shape index (κ3) is 1.75. The summed E-state index contributed by atoms with van der Waals surface area (Å²) in [4.78, 5) is 9.70. The molecule has 0 spiro atoms. The Kier molecular flexibility index (Phi) is 2.71. The largest absolute Gasteiger partial charge is 0.258 e. The Labute approximate surface area is 94.7 Å². The fourth-order valence-corrected chi connectivity index (χ4v) is 3.87. The zero-order chi connectivity index (χ0) is 10.1. The lowest BCUT2D eigenvalue weighted by atomic mass is 10.2. The van der Waals surface area contributed by atoms with Crippen LogP contribution in [0.15, 0.2) is 12.4 Å². The van der Waals surface area contributed by atoms with E-state index in [9.17, 15) is 0 Å². The first kappa shape index (κ1) is 9.89. The van der Waals surface area contributed by atoms with Crippen LogP contribution in [0, 0.1) is 17.7 Å². The molecule has 0 aliphatic heterocycles. The molecule has 0 amide bonds. The van der Waals surface area contributed by atoms with E-state index in [4.69, 9.17) is 12.2 Å². The normalized spacial score (nSPS) is 10.4. The molecule has 72 valence electrons. The predicted molar refractivity (Wildman–Crippen MR) is 63.5 cm³/mol. The highest BCUT2D eigenvalue weighted by molar-refractivity contribution is 7.80. The Morgan fingerprint density at radius 3 is 2.43 bits per heavy atom. The maximum atomic E-state index is 5.18. The molecule has 0 aliphatic rings. The predicted octanol–water partition coefficient (Wildman–Crippen LogP) is 3.61. The van der Waals surface area contributed by atoms with Gasteiger partial charge in [0.25, 0.3) is 0 Å². The van der Waals surface area contributed by atoms with Crippen LogP contribution >= 0.6 is 32.9 Å². The number of aromatic nitrogens is 2. The van der Waals surface area contributed by atoms with Gasteiger partial charge in [0.1, 0.15) is 3.82 Å². The molecule has 2 nitrogen and oxygen atoms in total. The van der Waals surface area contributed by atoms with Gasteiger partial charge < -0.3 is 0 Å². The van der Waals surface area contributed by atoms with E-state index in [0.29, 0.717) is 0 Å². The standard InChI is InChI=1S/C9H8N2S3/c1-5-3-11-7(4-10-5)8-6(2)9(12)14-13-8/h3-4H,1-2H3. The maximum absolute atomic E-state index is 5.18. The molecule has 0 fully saturated rings. The summed E-state index contributed by atoms with van der Waals surface area (Å²) in [6.07, 6.45) is 3.58. The summed E-state index contributed by atoms with van der Waals surface area (Å²) in [5.74, 6) is 0. The molecule has 0 radical (unpaired) electrons. The first-order chi connectivity index (χ1) is 6.68. The van der Waals surface area contributed by atoms with Gasteiger partial charge in [0.15, 0.2) is 0 Å². The lowest BCUT2D eigenvalue weighted by molar-refractivity contribution is 1.12. The van der Waals surface area contributed by atoms with Crippen LogP contribution in [-0.2, 0) is 0 Å². The van der Waals surface area contributed by atoms with Gasteiger partial charge in [-0.3, -0.25) is 9.97 Å². The summed E-state index contributed by atoms with van der Waals surface area (Å²) in [6, 6.07) is 0. The van der Waals surface area contributed by atoms with Gasteiger partial charge in [-0.05, 0) is 19.4 Å². The van der Waals surface area contributed by atoms with Crippen molar-refractivity contribution >= 4 is 32.9 Å². The fourth-order valence-electron chi connectivity index (χ4n) is 1.04. The SMILES string of the molecule is Cc1cnc(-c2ssc(=S)c2C)cn1. The molecule has 0 unspecified atom stereocenters. The topological polar surface area (TPSA) is 25.8 Å². The van der Waals surface area contributed by atoms with Gasteiger partial charge >= 0.3 is 0 Å². The van der Waals surface area contributed by atoms with E-state index < -0.39 is 0 Å². The Hall–Kier alpha value is -0.650. The van der Waals surface area contributed by atoms with Crippen molar-refractivity contribution in [3.05, 3.63) is 27.5 Å². The van der Waals surface area contributed by atoms with Crippen LogP contribution in [0.2, 0.25) is 0 Å². The van der Waals surface area contributed by atoms with Crippen molar-refractivity contribution in [2.45, 2.75) is 13.8 Å². The molecule has 0 saturated carbocycles. The van der Waals surface area contributed by atoms with E-state index in [1.807, 2.05) is 13.8 Å². The highest BCUT2D eigenvalue weighted by Gasteiger charge is 2.07. The van der Waals surface area contributed by atoms with Crippen molar-refractivity contribution in [2.24, 2.45) is 0 Å². The summed E-state index contributed by atoms with van der Waals surface area (Å²) in [5, 5.41) is 0. The summed E-state index contributed by atoms with van der Waals surface area (Å²) in [6.45, 7) is 3.96. The van der Waals surface area contributed by atoms with Crippen molar-refractivity contribution < 1.29 is 0 Å². The minimum atomic E-state index is 0.922. The lowest BCUT2D eigenvalue weighted by Gasteiger charge is -1.97. The van der Waals surface area contributed by atoms with Crippen LogP contribution in [0.1, 0.15) is 11.3 Å². The van der Waals surface area contributed by atoms with Crippen molar-refractivity contribution in [1.82, 2.24) is 9.97 Å². The molecule has 0 aliphatic carbocycles. The van der Waals surface area contributed by atoms with Crippen LogP contribution < -0.4 is 0 Å². The molecular formula is C9H8N2S3. The summed E-state index contributed by atoms with van der Waals surface area (Å²) in [5.41, 5.74) is 3.00. The number of hydrogen-bond donors (Lipinski definition) is 0. The second kappa shape index (κ2) is 3.84. The first-order valence-electron chi connectivity index (χ1n) is 4.07. The maximum Gasteiger partial charge on any atom is 0.105 e. The second-order valence-corrected chi connectivity index (χ2v) is 5.77. The number of rotatable bonds is 1. The molecule has 2 aromatic heterocycles. The average molecular weight is 240 g/mol. The Balaban J connectivity index is 2.55. The molecule has 0 aromatic carbocycles. The summed E-state index contributed by atoms with van der Waals surface area (Å²) >= 11 is 5.18. The zero-order valence-electron chi connectivity index (χ0n) is 7.77. The number of hydrogen-bond acceptors (Lipinski definition) is 5. The highest BCUT2D eigenvalue weighted by Crippen LogP contribution is 2.32. The van der Waals surface area contributed by atoms with Gasteiger partial charge in [-0.2, -0.15) is 0 Å². The molecule has 0 N–H and O–H groups in total. The van der Waals surface area contributed by atoms with E-state index in [2.05, 4.69) is 9.97 Å². The summed E-state index contributed by atoms with van der Waals surface area (Å²) < 4.78 is 0.951. The van der Waals surface area contributed by atoms with Gasteiger partial charge in [-0.15, -0.1) is 0 Å². The minimum absolute atomic E-state index is 0.922. The van der Waals surface area contributed by atoms with E-state index in [-0.39, 0.29) is 0 Å². The molecule has 0 atom stereocenters. The first-order valence-corrected chi connectivity index (χ1v) is 6.63. The fraction of sp³-hybridized carbons (Fsp3) is 0.222. The molecule has 14 heavy (non-hydrogen) atoms. The smallest absolute Gasteiger partial charge is 0.105 e.